The predicted octanol–water partition coefficient (Wildman–Crippen LogP) is 2.79. The van der Waals surface area contributed by atoms with E-state index in [9.17, 15) is 5.11 Å². The number of aliphatic hydroxyl groups excluding tert-OH is 1. The second kappa shape index (κ2) is 7.10. The molecular weight excluding hydrogens is 284 g/mol. The van der Waals surface area contributed by atoms with Crippen molar-refractivity contribution >= 4 is 11.6 Å². The highest BCUT2D eigenvalue weighted by Gasteiger charge is 2.26. The number of rotatable bonds is 6. The molecule has 116 valence electrons. The lowest BCUT2D eigenvalue weighted by Gasteiger charge is -2.35. The Morgan fingerprint density at radius 1 is 1.10 bits per heavy atom. The van der Waals surface area contributed by atoms with Gasteiger partial charge in [0.25, 0.3) is 0 Å². The number of hydrogen-bond donors (Lipinski definition) is 1. The Bertz CT molecular complexity index is 456. The van der Waals surface area contributed by atoms with Crippen LogP contribution < -0.4 is 0 Å². The van der Waals surface area contributed by atoms with Crippen LogP contribution in [0.4, 0.5) is 0 Å². The second-order valence-electron chi connectivity index (χ2n) is 6.41. The van der Waals surface area contributed by atoms with Crippen molar-refractivity contribution in [3.05, 3.63) is 34.9 Å². The maximum absolute atomic E-state index is 10.3. The molecule has 3 rings (SSSR count). The first-order valence-electron chi connectivity index (χ1n) is 8.09. The lowest BCUT2D eigenvalue weighted by molar-refractivity contribution is 0.100. The molecule has 1 unspecified atom stereocenters. The Hall–Kier alpha value is -0.610. The van der Waals surface area contributed by atoms with Gasteiger partial charge in [0.05, 0.1) is 6.10 Å². The van der Waals surface area contributed by atoms with Crippen LogP contribution >= 0.6 is 11.6 Å². The first kappa shape index (κ1) is 15.3. The third kappa shape index (κ3) is 4.43. The molecule has 1 aliphatic carbocycles. The Morgan fingerprint density at radius 2 is 1.76 bits per heavy atom. The van der Waals surface area contributed by atoms with Gasteiger partial charge in [0.1, 0.15) is 0 Å². The van der Waals surface area contributed by atoms with E-state index in [4.69, 9.17) is 11.6 Å². The third-order valence-electron chi connectivity index (χ3n) is 4.66. The van der Waals surface area contributed by atoms with E-state index in [2.05, 4.69) is 9.80 Å². The van der Waals surface area contributed by atoms with Crippen molar-refractivity contribution in [3.63, 3.8) is 0 Å². The Kier molecular flexibility index (Phi) is 5.17. The summed E-state index contributed by atoms with van der Waals surface area (Å²) in [5.74, 6) is 0.985. The van der Waals surface area contributed by atoms with Crippen LogP contribution in [0.25, 0.3) is 0 Å². The van der Waals surface area contributed by atoms with E-state index >= 15 is 0 Å². The maximum atomic E-state index is 10.3. The topological polar surface area (TPSA) is 26.7 Å². The minimum Gasteiger partial charge on any atom is -0.388 e. The molecule has 1 saturated heterocycles. The second-order valence-corrected chi connectivity index (χ2v) is 6.82. The highest BCUT2D eigenvalue weighted by Crippen LogP contribution is 2.30. The number of aliphatic hydroxyl groups is 1. The molecule has 2 aliphatic rings. The quantitative estimate of drug-likeness (QED) is 0.875. The average molecular weight is 309 g/mol. The third-order valence-corrected chi connectivity index (χ3v) is 5.01. The molecular formula is C17H25ClN2O. The molecule has 3 nitrogen and oxygen atoms in total. The van der Waals surface area contributed by atoms with Crippen LogP contribution in [0.5, 0.6) is 0 Å². The van der Waals surface area contributed by atoms with Crippen LogP contribution in [0.1, 0.15) is 30.9 Å². The fourth-order valence-electron chi connectivity index (χ4n) is 3.07. The fraction of sp³-hybridized carbons (Fsp3) is 0.647. The number of hydrogen-bond acceptors (Lipinski definition) is 3. The van der Waals surface area contributed by atoms with Gasteiger partial charge in [-0.2, -0.15) is 0 Å². The van der Waals surface area contributed by atoms with Gasteiger partial charge in [-0.3, -0.25) is 0 Å². The molecule has 0 amide bonds. The highest BCUT2D eigenvalue weighted by atomic mass is 35.5. The smallest absolute Gasteiger partial charge is 0.0816 e. The number of nitrogens with zero attached hydrogens (tertiary/aromatic N) is 2. The molecule has 1 aliphatic heterocycles. The molecule has 1 aromatic carbocycles. The summed E-state index contributed by atoms with van der Waals surface area (Å²) in [5, 5.41) is 11.0. The van der Waals surface area contributed by atoms with Gasteiger partial charge in [0.2, 0.25) is 0 Å². The summed E-state index contributed by atoms with van der Waals surface area (Å²) >= 11 is 6.13. The largest absolute Gasteiger partial charge is 0.388 e. The SMILES string of the molecule is OC(CCN1CCN(CC2CC2)CC1)c1ccccc1Cl. The zero-order valence-corrected chi connectivity index (χ0v) is 13.3. The lowest BCUT2D eigenvalue weighted by atomic mass is 10.1. The molecule has 21 heavy (non-hydrogen) atoms. The zero-order valence-electron chi connectivity index (χ0n) is 12.5. The van der Waals surface area contributed by atoms with Gasteiger partial charge < -0.3 is 14.9 Å². The van der Waals surface area contributed by atoms with Gasteiger partial charge in [0, 0.05) is 44.3 Å². The van der Waals surface area contributed by atoms with Crippen molar-refractivity contribution in [2.24, 2.45) is 5.92 Å². The molecule has 1 N–H and O–H groups in total. The van der Waals surface area contributed by atoms with Crippen molar-refractivity contribution in [1.29, 1.82) is 0 Å². The lowest BCUT2D eigenvalue weighted by Crippen LogP contribution is -2.47. The molecule has 4 heteroatoms. The molecule has 0 spiro atoms. The van der Waals surface area contributed by atoms with Gasteiger partial charge in [-0.05, 0) is 36.8 Å². The number of piperazine rings is 1. The van der Waals surface area contributed by atoms with E-state index in [1.165, 1.54) is 32.5 Å². The summed E-state index contributed by atoms with van der Waals surface area (Å²) in [6.07, 6.45) is 3.17. The van der Waals surface area contributed by atoms with Crippen LogP contribution in [0.2, 0.25) is 5.02 Å². The molecule has 1 aromatic rings. The van der Waals surface area contributed by atoms with Crippen LogP contribution in [0, 0.1) is 5.92 Å². The van der Waals surface area contributed by atoms with Crippen LogP contribution in [-0.2, 0) is 0 Å². The van der Waals surface area contributed by atoms with Gasteiger partial charge in [-0.1, -0.05) is 29.8 Å². The Labute approximate surface area is 132 Å². The molecule has 0 radical (unpaired) electrons. The Balaban J connectivity index is 1.40. The molecule has 1 heterocycles. The van der Waals surface area contributed by atoms with E-state index in [1.807, 2.05) is 24.3 Å². The van der Waals surface area contributed by atoms with E-state index in [1.54, 1.807) is 0 Å². The standard InChI is InChI=1S/C17H25ClN2O/c18-16-4-2-1-3-15(16)17(21)7-8-19-9-11-20(12-10-19)13-14-5-6-14/h1-4,14,17,21H,5-13H2. The number of benzene rings is 1. The van der Waals surface area contributed by atoms with Gasteiger partial charge in [-0.15, -0.1) is 0 Å². The van der Waals surface area contributed by atoms with Crippen LogP contribution in [-0.4, -0.2) is 54.2 Å². The summed E-state index contributed by atoms with van der Waals surface area (Å²) in [6, 6.07) is 7.59. The Morgan fingerprint density at radius 3 is 2.43 bits per heavy atom. The first-order chi connectivity index (χ1) is 10.2. The van der Waals surface area contributed by atoms with Crippen molar-refractivity contribution in [1.82, 2.24) is 9.80 Å². The molecule has 0 aromatic heterocycles. The van der Waals surface area contributed by atoms with Crippen LogP contribution in [0.15, 0.2) is 24.3 Å². The van der Waals surface area contributed by atoms with Gasteiger partial charge in [-0.25, -0.2) is 0 Å². The minimum atomic E-state index is -0.455. The van der Waals surface area contributed by atoms with E-state index < -0.39 is 6.10 Å². The minimum absolute atomic E-state index is 0.455. The van der Waals surface area contributed by atoms with Crippen LogP contribution in [0.3, 0.4) is 0 Å². The summed E-state index contributed by atoms with van der Waals surface area (Å²) in [7, 11) is 0. The van der Waals surface area contributed by atoms with Crippen molar-refractivity contribution < 1.29 is 5.11 Å². The summed E-state index contributed by atoms with van der Waals surface area (Å²) in [4.78, 5) is 5.06. The maximum Gasteiger partial charge on any atom is 0.0816 e. The fourth-order valence-corrected chi connectivity index (χ4v) is 3.33. The normalized spacial score (nSPS) is 22.4. The van der Waals surface area contributed by atoms with E-state index in [-0.39, 0.29) is 0 Å². The van der Waals surface area contributed by atoms with Crippen molar-refractivity contribution in [2.75, 3.05) is 39.3 Å². The monoisotopic (exact) mass is 308 g/mol. The average Bonchev–Trinajstić information content (AvgIpc) is 3.31. The van der Waals surface area contributed by atoms with Crippen molar-refractivity contribution in [2.45, 2.75) is 25.4 Å². The first-order valence-corrected chi connectivity index (χ1v) is 8.47. The highest BCUT2D eigenvalue weighted by molar-refractivity contribution is 6.31. The molecule has 1 atom stereocenters. The van der Waals surface area contributed by atoms with Gasteiger partial charge >= 0.3 is 0 Å². The molecule has 1 saturated carbocycles. The van der Waals surface area contributed by atoms with E-state index in [0.717, 1.165) is 37.5 Å². The number of halogens is 1. The summed E-state index contributed by atoms with van der Waals surface area (Å²) in [6.45, 7) is 6.86. The van der Waals surface area contributed by atoms with Gasteiger partial charge in [0.15, 0.2) is 0 Å². The van der Waals surface area contributed by atoms with E-state index in [0.29, 0.717) is 5.02 Å². The predicted molar refractivity (Wildman–Crippen MR) is 86.6 cm³/mol. The summed E-state index contributed by atoms with van der Waals surface area (Å²) < 4.78 is 0. The summed E-state index contributed by atoms with van der Waals surface area (Å²) in [5.41, 5.74) is 0.853. The molecule has 0 bridgehead atoms. The van der Waals surface area contributed by atoms with Crippen molar-refractivity contribution in [3.8, 4) is 0 Å². The molecule has 2 fully saturated rings. The zero-order chi connectivity index (χ0) is 14.7.